The van der Waals surface area contributed by atoms with Crippen LogP contribution < -0.4 is 5.32 Å². The van der Waals surface area contributed by atoms with Gasteiger partial charge in [-0.1, -0.05) is 25.4 Å². The van der Waals surface area contributed by atoms with Gasteiger partial charge in [0, 0.05) is 17.2 Å². The summed E-state index contributed by atoms with van der Waals surface area (Å²) < 4.78 is 0.745. The summed E-state index contributed by atoms with van der Waals surface area (Å²) in [6, 6.07) is 1.67. The number of pyridine rings is 1. The smallest absolute Gasteiger partial charge is 0.254 e. The lowest BCUT2D eigenvalue weighted by Gasteiger charge is -2.07. The second-order valence-corrected chi connectivity index (χ2v) is 5.56. The molecule has 0 aromatic carbocycles. The molecule has 17 heavy (non-hydrogen) atoms. The third-order valence-electron chi connectivity index (χ3n) is 2.29. The number of carbonyl (C=O) groups is 1. The molecule has 5 heteroatoms. The van der Waals surface area contributed by atoms with Crippen LogP contribution in [0.15, 0.2) is 16.7 Å². The Bertz CT molecular complexity index is 396. The molecule has 1 aromatic rings. The molecular formula is C12H16BrClN2O. The van der Waals surface area contributed by atoms with Crippen LogP contribution >= 0.6 is 27.5 Å². The van der Waals surface area contributed by atoms with Gasteiger partial charge in [0.05, 0.1) is 5.56 Å². The molecule has 1 N–H and O–H groups in total. The minimum absolute atomic E-state index is 0.174. The first kappa shape index (κ1) is 14.5. The highest BCUT2D eigenvalue weighted by molar-refractivity contribution is 9.10. The van der Waals surface area contributed by atoms with Gasteiger partial charge in [0.15, 0.2) is 0 Å². The lowest BCUT2D eigenvalue weighted by molar-refractivity contribution is 0.0952. The number of rotatable bonds is 5. The first-order chi connectivity index (χ1) is 8.00. The molecule has 0 unspecified atom stereocenters. The second-order valence-electron chi connectivity index (χ2n) is 4.28. The monoisotopic (exact) mass is 318 g/mol. The van der Waals surface area contributed by atoms with Gasteiger partial charge in [-0.3, -0.25) is 4.79 Å². The molecule has 1 heterocycles. The molecule has 1 aromatic heterocycles. The third kappa shape index (κ3) is 5.04. The summed E-state index contributed by atoms with van der Waals surface area (Å²) in [6.07, 6.45) is 3.64. The standard InChI is InChI=1S/C12H16BrClN2O/c1-8(2)4-3-5-15-12(17)10-6-9(13)7-16-11(10)14/h6-8H,3-5H2,1-2H3,(H,15,17). The summed E-state index contributed by atoms with van der Waals surface area (Å²) in [5.41, 5.74) is 0.408. The van der Waals surface area contributed by atoms with Crippen LogP contribution in [-0.4, -0.2) is 17.4 Å². The number of hydrogen-bond acceptors (Lipinski definition) is 2. The average molecular weight is 320 g/mol. The van der Waals surface area contributed by atoms with Gasteiger partial charge in [-0.05, 0) is 40.8 Å². The van der Waals surface area contributed by atoms with Crippen LogP contribution in [0.2, 0.25) is 5.15 Å². The molecule has 0 radical (unpaired) electrons. The zero-order chi connectivity index (χ0) is 12.8. The van der Waals surface area contributed by atoms with Crippen LogP contribution in [0.25, 0.3) is 0 Å². The number of aromatic nitrogens is 1. The SMILES string of the molecule is CC(C)CCCNC(=O)c1cc(Br)cnc1Cl. The third-order valence-corrected chi connectivity index (χ3v) is 3.03. The highest BCUT2D eigenvalue weighted by Gasteiger charge is 2.11. The second kappa shape index (κ2) is 6.97. The van der Waals surface area contributed by atoms with E-state index in [1.165, 1.54) is 0 Å². The van der Waals surface area contributed by atoms with Crippen LogP contribution in [0.4, 0.5) is 0 Å². The predicted molar refractivity (Wildman–Crippen MR) is 73.4 cm³/mol. The number of carbonyl (C=O) groups excluding carboxylic acids is 1. The zero-order valence-corrected chi connectivity index (χ0v) is 12.3. The van der Waals surface area contributed by atoms with Crippen molar-refractivity contribution in [3.05, 3.63) is 27.5 Å². The molecule has 0 atom stereocenters. The van der Waals surface area contributed by atoms with Crippen molar-refractivity contribution in [1.82, 2.24) is 10.3 Å². The normalized spacial score (nSPS) is 10.6. The topological polar surface area (TPSA) is 42.0 Å². The molecule has 0 saturated carbocycles. The Labute approximate surface area is 115 Å². The molecular weight excluding hydrogens is 304 g/mol. The maximum absolute atomic E-state index is 11.8. The lowest BCUT2D eigenvalue weighted by atomic mass is 10.1. The van der Waals surface area contributed by atoms with E-state index < -0.39 is 0 Å². The van der Waals surface area contributed by atoms with Crippen LogP contribution in [0.3, 0.4) is 0 Å². The fraction of sp³-hybridized carbons (Fsp3) is 0.500. The summed E-state index contributed by atoms with van der Waals surface area (Å²) >= 11 is 9.13. The summed E-state index contributed by atoms with van der Waals surface area (Å²) in [6.45, 7) is 4.99. The Morgan fingerprint density at radius 2 is 2.29 bits per heavy atom. The first-order valence-corrected chi connectivity index (χ1v) is 6.77. The van der Waals surface area contributed by atoms with Crippen LogP contribution in [0, 0.1) is 5.92 Å². The number of nitrogens with one attached hydrogen (secondary N) is 1. The van der Waals surface area contributed by atoms with Crippen molar-refractivity contribution < 1.29 is 4.79 Å². The lowest BCUT2D eigenvalue weighted by Crippen LogP contribution is -2.25. The molecule has 94 valence electrons. The maximum atomic E-state index is 11.8. The Morgan fingerprint density at radius 1 is 1.59 bits per heavy atom. The molecule has 1 rings (SSSR count). The number of hydrogen-bond donors (Lipinski definition) is 1. The molecule has 0 aliphatic rings. The molecule has 0 aliphatic heterocycles. The summed E-state index contributed by atoms with van der Waals surface area (Å²) in [5, 5.41) is 3.07. The van der Waals surface area contributed by atoms with Crippen molar-refractivity contribution in [2.24, 2.45) is 5.92 Å². The Morgan fingerprint density at radius 3 is 2.94 bits per heavy atom. The van der Waals surface area contributed by atoms with E-state index in [4.69, 9.17) is 11.6 Å². The Kier molecular flexibility index (Phi) is 5.92. The number of amides is 1. The van der Waals surface area contributed by atoms with E-state index in [1.807, 2.05) is 0 Å². The van der Waals surface area contributed by atoms with E-state index in [1.54, 1.807) is 12.3 Å². The van der Waals surface area contributed by atoms with Gasteiger partial charge in [-0.15, -0.1) is 0 Å². The van der Waals surface area contributed by atoms with Gasteiger partial charge in [-0.25, -0.2) is 4.98 Å². The summed E-state index contributed by atoms with van der Waals surface area (Å²) in [7, 11) is 0. The number of nitrogens with zero attached hydrogens (tertiary/aromatic N) is 1. The highest BCUT2D eigenvalue weighted by atomic mass is 79.9. The molecule has 0 bridgehead atoms. The average Bonchev–Trinajstić information content (AvgIpc) is 2.27. The van der Waals surface area contributed by atoms with Gasteiger partial charge in [0.25, 0.3) is 5.91 Å². The van der Waals surface area contributed by atoms with Gasteiger partial charge in [-0.2, -0.15) is 0 Å². The van der Waals surface area contributed by atoms with E-state index >= 15 is 0 Å². The van der Waals surface area contributed by atoms with E-state index in [2.05, 4.69) is 40.1 Å². The van der Waals surface area contributed by atoms with Crippen molar-refractivity contribution >= 4 is 33.4 Å². The van der Waals surface area contributed by atoms with Crippen molar-refractivity contribution in [2.45, 2.75) is 26.7 Å². The van der Waals surface area contributed by atoms with Gasteiger partial charge < -0.3 is 5.32 Å². The van der Waals surface area contributed by atoms with Crippen LogP contribution in [0.5, 0.6) is 0 Å². The van der Waals surface area contributed by atoms with Gasteiger partial charge in [0.2, 0.25) is 0 Å². The first-order valence-electron chi connectivity index (χ1n) is 5.60. The van der Waals surface area contributed by atoms with Crippen LogP contribution in [-0.2, 0) is 0 Å². The Hall–Kier alpha value is -0.610. The summed E-state index contributed by atoms with van der Waals surface area (Å²) in [5.74, 6) is 0.482. The molecule has 3 nitrogen and oxygen atoms in total. The minimum Gasteiger partial charge on any atom is -0.352 e. The largest absolute Gasteiger partial charge is 0.352 e. The molecule has 0 spiro atoms. The van der Waals surface area contributed by atoms with Crippen molar-refractivity contribution in [2.75, 3.05) is 6.54 Å². The predicted octanol–water partition coefficient (Wildman–Crippen LogP) is 3.66. The van der Waals surface area contributed by atoms with Gasteiger partial charge in [0.1, 0.15) is 5.15 Å². The molecule has 0 aliphatic carbocycles. The fourth-order valence-corrected chi connectivity index (χ4v) is 1.91. The van der Waals surface area contributed by atoms with Crippen molar-refractivity contribution in [3.63, 3.8) is 0 Å². The summed E-state index contributed by atoms with van der Waals surface area (Å²) in [4.78, 5) is 15.7. The highest BCUT2D eigenvalue weighted by Crippen LogP contribution is 2.17. The van der Waals surface area contributed by atoms with Gasteiger partial charge >= 0.3 is 0 Å². The van der Waals surface area contributed by atoms with Crippen LogP contribution in [0.1, 0.15) is 37.0 Å². The van der Waals surface area contributed by atoms with E-state index in [9.17, 15) is 4.79 Å². The minimum atomic E-state index is -0.174. The molecule has 0 fully saturated rings. The van der Waals surface area contributed by atoms with E-state index in [-0.39, 0.29) is 11.1 Å². The van der Waals surface area contributed by atoms with E-state index in [0.29, 0.717) is 18.0 Å². The quantitative estimate of drug-likeness (QED) is 0.664. The molecule has 0 saturated heterocycles. The molecule has 1 amide bonds. The fourth-order valence-electron chi connectivity index (χ4n) is 1.39. The van der Waals surface area contributed by atoms with E-state index in [0.717, 1.165) is 17.3 Å². The van der Waals surface area contributed by atoms with Crippen molar-refractivity contribution in [1.29, 1.82) is 0 Å². The Balaban J connectivity index is 2.49. The number of halogens is 2. The van der Waals surface area contributed by atoms with Crippen molar-refractivity contribution in [3.8, 4) is 0 Å². The zero-order valence-electron chi connectivity index (χ0n) is 9.96. The maximum Gasteiger partial charge on any atom is 0.254 e.